The average Bonchev–Trinajstić information content (AvgIpc) is 1.83. The molecular formula is C4H2Cl3NO2S. The molecule has 0 saturated heterocycles. The lowest BCUT2D eigenvalue weighted by Gasteiger charge is -2.08. The summed E-state index contributed by atoms with van der Waals surface area (Å²) in [6, 6.07) is 0. The molecule has 0 aromatic carbocycles. The van der Waals surface area contributed by atoms with Gasteiger partial charge in [-0.05, 0) is 0 Å². The van der Waals surface area contributed by atoms with Crippen LogP contribution in [0.2, 0.25) is 0 Å². The van der Waals surface area contributed by atoms with Gasteiger partial charge in [0, 0.05) is 0 Å². The molecule has 0 spiro atoms. The molecule has 0 aliphatic rings. The Hall–Kier alpha value is 0.180. The minimum Gasteiger partial charge on any atom is -0.452 e. The third-order valence-corrected chi connectivity index (χ3v) is 1.19. The van der Waals surface area contributed by atoms with Crippen molar-refractivity contribution in [3.05, 3.63) is 0 Å². The van der Waals surface area contributed by atoms with E-state index in [9.17, 15) is 4.79 Å². The fourth-order valence-corrected chi connectivity index (χ4v) is 0.564. The zero-order chi connectivity index (χ0) is 8.91. The van der Waals surface area contributed by atoms with E-state index in [2.05, 4.69) is 4.74 Å². The molecule has 0 fully saturated rings. The van der Waals surface area contributed by atoms with E-state index >= 15 is 0 Å². The number of thioether (sulfide) groups is 1. The highest BCUT2D eigenvalue weighted by Gasteiger charge is 2.22. The van der Waals surface area contributed by atoms with Crippen molar-refractivity contribution in [2.45, 2.75) is 3.79 Å². The predicted molar refractivity (Wildman–Crippen MR) is 44.8 cm³/mol. The van der Waals surface area contributed by atoms with Gasteiger partial charge in [-0.1, -0.05) is 34.8 Å². The lowest BCUT2D eigenvalue weighted by Crippen LogP contribution is -2.14. The van der Waals surface area contributed by atoms with Crippen LogP contribution in [-0.4, -0.2) is 15.7 Å². The largest absolute Gasteiger partial charge is 0.452 e. The summed E-state index contributed by atoms with van der Waals surface area (Å²) in [5.74, 6) is 0. The number of nitriles is 1. The normalized spacial score (nSPS) is 10.4. The molecule has 0 N–H and O–H groups in total. The van der Waals surface area contributed by atoms with E-state index in [-0.39, 0.29) is 6.61 Å². The fraction of sp³-hybridized carbons (Fsp3) is 0.500. The number of hydrogen-bond donors (Lipinski definition) is 0. The van der Waals surface area contributed by atoms with Crippen LogP contribution in [0.4, 0.5) is 4.79 Å². The quantitative estimate of drug-likeness (QED) is 0.398. The van der Waals surface area contributed by atoms with Gasteiger partial charge in [-0.3, -0.25) is 0 Å². The minimum absolute atomic E-state index is 0.340. The zero-order valence-corrected chi connectivity index (χ0v) is 8.10. The van der Waals surface area contributed by atoms with Gasteiger partial charge in [-0.15, -0.1) is 0 Å². The van der Waals surface area contributed by atoms with Crippen LogP contribution < -0.4 is 0 Å². The second-order valence-electron chi connectivity index (χ2n) is 1.35. The zero-order valence-electron chi connectivity index (χ0n) is 5.01. The number of halogens is 3. The summed E-state index contributed by atoms with van der Waals surface area (Å²) in [6.45, 7) is -0.356. The molecule has 11 heavy (non-hydrogen) atoms. The molecule has 3 nitrogen and oxygen atoms in total. The van der Waals surface area contributed by atoms with Crippen molar-refractivity contribution >= 4 is 51.9 Å². The molecule has 0 atom stereocenters. The lowest BCUT2D eigenvalue weighted by atomic mass is 10.8. The number of hydrogen-bond acceptors (Lipinski definition) is 4. The van der Waals surface area contributed by atoms with E-state index < -0.39 is 9.09 Å². The first-order chi connectivity index (χ1) is 4.95. The van der Waals surface area contributed by atoms with Crippen molar-refractivity contribution in [1.82, 2.24) is 0 Å². The van der Waals surface area contributed by atoms with Crippen LogP contribution in [0.25, 0.3) is 0 Å². The summed E-state index contributed by atoms with van der Waals surface area (Å²) in [5, 5.41) is 8.72. The average molecular weight is 234 g/mol. The van der Waals surface area contributed by atoms with Crippen LogP contribution in [0, 0.1) is 10.7 Å². The van der Waals surface area contributed by atoms with Crippen molar-refractivity contribution in [2.75, 3.05) is 6.61 Å². The molecule has 0 aliphatic carbocycles. The van der Waals surface area contributed by atoms with Gasteiger partial charge >= 0.3 is 5.30 Å². The molecule has 0 aromatic heterocycles. The first-order valence-electron chi connectivity index (χ1n) is 2.25. The molecule has 0 radical (unpaired) electrons. The molecule has 0 amide bonds. The van der Waals surface area contributed by atoms with Gasteiger partial charge in [-0.25, -0.2) is 4.79 Å². The topological polar surface area (TPSA) is 50.1 Å². The number of carbonyl (C=O) groups is 1. The highest BCUT2D eigenvalue weighted by molar-refractivity contribution is 8.17. The maximum Gasteiger partial charge on any atom is 0.382 e. The van der Waals surface area contributed by atoms with E-state index in [1.54, 1.807) is 0 Å². The standard InChI is InChI=1S/C4H2Cl3NO2S/c5-4(6,7)1-10-3(9)11-2-8/h1H2. The van der Waals surface area contributed by atoms with E-state index in [0.717, 1.165) is 0 Å². The lowest BCUT2D eigenvalue weighted by molar-refractivity contribution is 0.177. The van der Waals surface area contributed by atoms with Crippen molar-refractivity contribution in [2.24, 2.45) is 0 Å². The third kappa shape index (κ3) is 8.08. The Labute approximate surface area is 82.5 Å². The van der Waals surface area contributed by atoms with Gasteiger partial charge in [0.2, 0.25) is 3.79 Å². The van der Waals surface area contributed by atoms with E-state index in [4.69, 9.17) is 40.1 Å². The van der Waals surface area contributed by atoms with Crippen molar-refractivity contribution in [1.29, 1.82) is 5.26 Å². The van der Waals surface area contributed by atoms with Crippen LogP contribution in [-0.2, 0) is 4.74 Å². The van der Waals surface area contributed by atoms with Gasteiger partial charge < -0.3 is 4.74 Å². The Balaban J connectivity index is 3.57. The van der Waals surface area contributed by atoms with Gasteiger partial charge in [0.15, 0.2) is 0 Å². The summed E-state index contributed by atoms with van der Waals surface area (Å²) in [7, 11) is 0. The van der Waals surface area contributed by atoms with E-state index in [0.29, 0.717) is 11.8 Å². The smallest absolute Gasteiger partial charge is 0.382 e. The van der Waals surface area contributed by atoms with E-state index in [1.165, 1.54) is 5.40 Å². The molecular weight excluding hydrogens is 232 g/mol. The third-order valence-electron chi connectivity index (χ3n) is 0.483. The maximum atomic E-state index is 10.4. The number of thiocyanates is 1. The monoisotopic (exact) mass is 233 g/mol. The van der Waals surface area contributed by atoms with Crippen LogP contribution >= 0.6 is 46.6 Å². The second kappa shape index (κ2) is 4.94. The first-order valence-corrected chi connectivity index (χ1v) is 4.20. The SMILES string of the molecule is N#CSC(=O)OCC(Cl)(Cl)Cl. The molecule has 7 heteroatoms. The van der Waals surface area contributed by atoms with Crippen LogP contribution in [0.3, 0.4) is 0 Å². The van der Waals surface area contributed by atoms with Crippen LogP contribution in [0.1, 0.15) is 0 Å². The number of alkyl halides is 3. The maximum absolute atomic E-state index is 10.4. The Morgan fingerprint density at radius 1 is 1.64 bits per heavy atom. The van der Waals surface area contributed by atoms with Crippen molar-refractivity contribution in [3.8, 4) is 5.40 Å². The van der Waals surface area contributed by atoms with Gasteiger partial charge in [0.25, 0.3) is 0 Å². The van der Waals surface area contributed by atoms with Crippen LogP contribution in [0.5, 0.6) is 0 Å². The van der Waals surface area contributed by atoms with Gasteiger partial charge in [0.1, 0.15) is 12.0 Å². The molecule has 0 saturated carbocycles. The fourth-order valence-electron chi connectivity index (χ4n) is 0.207. The summed E-state index contributed by atoms with van der Waals surface area (Å²) < 4.78 is 2.73. The molecule has 0 rings (SSSR count). The van der Waals surface area contributed by atoms with Crippen molar-refractivity contribution < 1.29 is 9.53 Å². The summed E-state index contributed by atoms with van der Waals surface area (Å²) in [5.41, 5.74) is 0. The van der Waals surface area contributed by atoms with Gasteiger partial charge in [0.05, 0.1) is 11.8 Å². The Morgan fingerprint density at radius 3 is 2.55 bits per heavy atom. The number of carbonyl (C=O) groups excluding carboxylic acids is 1. The summed E-state index contributed by atoms with van der Waals surface area (Å²) >= 11 is 16.1. The molecule has 0 aromatic rings. The Bertz CT molecular complexity index is 185. The second-order valence-corrected chi connectivity index (χ2v) is 4.58. The van der Waals surface area contributed by atoms with Crippen LogP contribution in [0.15, 0.2) is 0 Å². The number of nitrogens with zero attached hydrogens (tertiary/aromatic N) is 1. The highest BCUT2D eigenvalue weighted by Crippen LogP contribution is 2.26. The highest BCUT2D eigenvalue weighted by atomic mass is 35.6. The number of rotatable bonds is 1. The summed E-state index contributed by atoms with van der Waals surface area (Å²) in [4.78, 5) is 10.4. The minimum atomic E-state index is -1.62. The molecule has 0 bridgehead atoms. The molecule has 0 heterocycles. The van der Waals surface area contributed by atoms with E-state index in [1.807, 2.05) is 0 Å². The Kier molecular flexibility index (Phi) is 5.02. The molecule has 0 unspecified atom stereocenters. The van der Waals surface area contributed by atoms with Gasteiger partial charge in [-0.2, -0.15) is 5.26 Å². The number of ether oxygens (including phenoxy) is 1. The predicted octanol–water partition coefficient (Wildman–Crippen LogP) is 2.71. The Morgan fingerprint density at radius 2 is 2.18 bits per heavy atom. The summed E-state index contributed by atoms with van der Waals surface area (Å²) in [6.07, 6.45) is 0. The molecule has 62 valence electrons. The first kappa shape index (κ1) is 11.2. The molecule has 0 aliphatic heterocycles. The van der Waals surface area contributed by atoms with Crippen molar-refractivity contribution in [3.63, 3.8) is 0 Å².